The van der Waals surface area contributed by atoms with Gasteiger partial charge in [-0.15, -0.1) is 0 Å². The van der Waals surface area contributed by atoms with Gasteiger partial charge in [-0.2, -0.15) is 0 Å². The molecule has 0 N–H and O–H groups in total. The molecule has 1 aromatic carbocycles. The zero-order valence-electron chi connectivity index (χ0n) is 22.6. The van der Waals surface area contributed by atoms with Crippen LogP contribution in [0, 0.1) is 24.2 Å². The van der Waals surface area contributed by atoms with Gasteiger partial charge in [0.2, 0.25) is 0 Å². The fourth-order valence-corrected chi connectivity index (χ4v) is 7.13. The molecule has 0 radical (unpaired) electrons. The highest BCUT2D eigenvalue weighted by molar-refractivity contribution is 5.64. The summed E-state index contributed by atoms with van der Waals surface area (Å²) in [6.07, 6.45) is 14.4. The maximum atomic E-state index is 5.95. The van der Waals surface area contributed by atoms with Gasteiger partial charge in [-0.05, 0) is 106 Å². The van der Waals surface area contributed by atoms with E-state index >= 15 is 0 Å². The van der Waals surface area contributed by atoms with Crippen LogP contribution in [0.2, 0.25) is 0 Å². The molecular formula is C31H50N2O. The Morgan fingerprint density at radius 3 is 2.50 bits per heavy atom. The first kappa shape index (κ1) is 25.6. The quantitative estimate of drug-likeness (QED) is 0.393. The summed E-state index contributed by atoms with van der Waals surface area (Å²) in [6.45, 7) is 19.6. The minimum absolute atomic E-state index is 0.204. The molecule has 2 saturated heterocycles. The van der Waals surface area contributed by atoms with Crippen LogP contribution in [0.3, 0.4) is 0 Å². The number of hydrogen-bond acceptors (Lipinski definition) is 3. The van der Waals surface area contributed by atoms with Crippen molar-refractivity contribution in [2.45, 2.75) is 98.0 Å². The molecule has 4 rings (SSSR count). The van der Waals surface area contributed by atoms with Crippen LogP contribution >= 0.6 is 0 Å². The number of ether oxygens (including phenoxy) is 1. The fourth-order valence-electron chi connectivity index (χ4n) is 7.13. The molecule has 34 heavy (non-hydrogen) atoms. The first-order chi connectivity index (χ1) is 16.4. The van der Waals surface area contributed by atoms with E-state index in [1.807, 2.05) is 0 Å². The van der Waals surface area contributed by atoms with Gasteiger partial charge in [0.1, 0.15) is 5.75 Å². The lowest BCUT2D eigenvalue weighted by Crippen LogP contribution is -2.52. The molecule has 1 atom stereocenters. The van der Waals surface area contributed by atoms with E-state index in [-0.39, 0.29) is 6.10 Å². The minimum atomic E-state index is 0.204. The molecule has 3 heteroatoms. The SMILES string of the molecule is C=C(c1ccc(OC(C)C)c(C)c1)N1CCC2(CC1)CC(CCC)CN(CC1CCCCC1)C2. The highest BCUT2D eigenvalue weighted by atomic mass is 16.5. The van der Waals surface area contributed by atoms with Gasteiger partial charge in [0.15, 0.2) is 0 Å². The van der Waals surface area contributed by atoms with E-state index in [0.717, 1.165) is 30.7 Å². The van der Waals surface area contributed by atoms with E-state index < -0.39 is 0 Å². The number of hydrogen-bond donors (Lipinski definition) is 0. The van der Waals surface area contributed by atoms with Crippen molar-refractivity contribution in [2.75, 3.05) is 32.7 Å². The predicted octanol–water partition coefficient (Wildman–Crippen LogP) is 7.54. The number of rotatable bonds is 8. The summed E-state index contributed by atoms with van der Waals surface area (Å²) in [5.74, 6) is 2.84. The molecule has 3 nitrogen and oxygen atoms in total. The summed E-state index contributed by atoms with van der Waals surface area (Å²) in [4.78, 5) is 5.46. The van der Waals surface area contributed by atoms with Crippen molar-refractivity contribution in [1.29, 1.82) is 0 Å². The molecule has 0 aromatic heterocycles. The maximum absolute atomic E-state index is 5.95. The second-order valence-corrected chi connectivity index (χ2v) is 12.1. The second kappa shape index (κ2) is 11.5. The van der Waals surface area contributed by atoms with Gasteiger partial charge in [-0.25, -0.2) is 0 Å². The maximum Gasteiger partial charge on any atom is 0.122 e. The molecule has 3 fully saturated rings. The molecule has 2 heterocycles. The van der Waals surface area contributed by atoms with Crippen LogP contribution in [0.5, 0.6) is 5.75 Å². The lowest BCUT2D eigenvalue weighted by molar-refractivity contribution is -0.00308. The number of likely N-dealkylation sites (tertiary alicyclic amines) is 2. The third-order valence-corrected chi connectivity index (χ3v) is 8.81. The average molecular weight is 467 g/mol. The second-order valence-electron chi connectivity index (χ2n) is 12.1. The third kappa shape index (κ3) is 6.39. The van der Waals surface area contributed by atoms with E-state index in [0.29, 0.717) is 5.41 Å². The van der Waals surface area contributed by atoms with Crippen LogP contribution in [0.15, 0.2) is 24.8 Å². The van der Waals surface area contributed by atoms with Crippen LogP contribution in [-0.2, 0) is 0 Å². The smallest absolute Gasteiger partial charge is 0.122 e. The average Bonchev–Trinajstić information content (AvgIpc) is 2.81. The largest absolute Gasteiger partial charge is 0.491 e. The van der Waals surface area contributed by atoms with Crippen LogP contribution in [-0.4, -0.2) is 48.6 Å². The summed E-state index contributed by atoms with van der Waals surface area (Å²) in [5.41, 5.74) is 4.16. The van der Waals surface area contributed by atoms with Gasteiger partial charge in [-0.3, -0.25) is 0 Å². The van der Waals surface area contributed by atoms with Gasteiger partial charge < -0.3 is 14.5 Å². The molecule has 0 bridgehead atoms. The summed E-state index contributed by atoms with van der Waals surface area (Å²) < 4.78 is 5.95. The van der Waals surface area contributed by atoms with Crippen LogP contribution < -0.4 is 4.74 Å². The Bertz CT molecular complexity index is 802. The van der Waals surface area contributed by atoms with Crippen molar-refractivity contribution in [3.05, 3.63) is 35.9 Å². The zero-order chi connectivity index (χ0) is 24.1. The Labute approximate surface area is 209 Å². The van der Waals surface area contributed by atoms with Crippen molar-refractivity contribution in [3.63, 3.8) is 0 Å². The molecule has 1 aliphatic carbocycles. The van der Waals surface area contributed by atoms with Gasteiger partial charge in [-0.1, -0.05) is 39.2 Å². The molecule has 1 aromatic rings. The highest BCUT2D eigenvalue weighted by Crippen LogP contribution is 2.45. The summed E-state index contributed by atoms with van der Waals surface area (Å²) in [7, 11) is 0. The van der Waals surface area contributed by atoms with E-state index in [1.54, 1.807) is 0 Å². The van der Waals surface area contributed by atoms with Crippen LogP contribution in [0.25, 0.3) is 5.70 Å². The predicted molar refractivity (Wildman–Crippen MR) is 145 cm³/mol. The summed E-state index contributed by atoms with van der Waals surface area (Å²) in [6, 6.07) is 6.58. The summed E-state index contributed by atoms with van der Waals surface area (Å²) in [5, 5.41) is 0. The monoisotopic (exact) mass is 466 g/mol. The van der Waals surface area contributed by atoms with Crippen molar-refractivity contribution in [1.82, 2.24) is 9.80 Å². The first-order valence-electron chi connectivity index (χ1n) is 14.3. The van der Waals surface area contributed by atoms with Crippen molar-refractivity contribution in [2.24, 2.45) is 17.3 Å². The zero-order valence-corrected chi connectivity index (χ0v) is 22.6. The minimum Gasteiger partial charge on any atom is -0.491 e. The van der Waals surface area contributed by atoms with E-state index in [4.69, 9.17) is 4.74 Å². The van der Waals surface area contributed by atoms with Crippen LogP contribution in [0.4, 0.5) is 0 Å². The number of aryl methyl sites for hydroxylation is 1. The molecular weight excluding hydrogens is 416 g/mol. The Morgan fingerprint density at radius 1 is 1.12 bits per heavy atom. The molecule has 0 amide bonds. The van der Waals surface area contributed by atoms with E-state index in [9.17, 15) is 0 Å². The third-order valence-electron chi connectivity index (χ3n) is 8.81. The van der Waals surface area contributed by atoms with Crippen molar-refractivity contribution >= 4 is 5.70 Å². The van der Waals surface area contributed by atoms with E-state index in [2.05, 4.69) is 62.3 Å². The lowest BCUT2D eigenvalue weighted by atomic mass is 9.68. The number of benzene rings is 1. The highest BCUT2D eigenvalue weighted by Gasteiger charge is 2.42. The fraction of sp³-hybridized carbons (Fsp3) is 0.742. The number of piperidine rings is 2. The molecule has 1 spiro atoms. The van der Waals surface area contributed by atoms with Crippen molar-refractivity contribution < 1.29 is 4.74 Å². The van der Waals surface area contributed by atoms with Gasteiger partial charge in [0, 0.05) is 38.4 Å². The van der Waals surface area contributed by atoms with Crippen molar-refractivity contribution in [3.8, 4) is 5.75 Å². The molecule has 1 saturated carbocycles. The lowest BCUT2D eigenvalue weighted by Gasteiger charge is -2.51. The molecule has 190 valence electrons. The molecule has 3 aliphatic rings. The van der Waals surface area contributed by atoms with Gasteiger partial charge in [0.05, 0.1) is 6.10 Å². The molecule has 2 aliphatic heterocycles. The number of nitrogens with zero attached hydrogens (tertiary/aromatic N) is 2. The Balaban J connectivity index is 1.38. The normalized spacial score (nSPS) is 24.0. The standard InChI is InChI=1S/C31H50N2O/c1-6-10-28-20-31(23-32(22-28)21-27-11-8-7-9-12-27)15-17-33(18-16-31)26(5)29-13-14-30(25(4)19-29)34-24(2)3/h13-14,19,24,27-28H,5-12,15-18,20-23H2,1-4H3. The van der Waals surface area contributed by atoms with Crippen LogP contribution in [0.1, 0.15) is 96.1 Å². The molecule has 1 unspecified atom stereocenters. The Kier molecular flexibility index (Phi) is 8.66. The van der Waals surface area contributed by atoms with Gasteiger partial charge in [0.25, 0.3) is 0 Å². The Morgan fingerprint density at radius 2 is 1.85 bits per heavy atom. The van der Waals surface area contributed by atoms with Gasteiger partial charge >= 0.3 is 0 Å². The van der Waals surface area contributed by atoms with E-state index in [1.165, 1.54) is 101 Å². The summed E-state index contributed by atoms with van der Waals surface area (Å²) >= 11 is 0. The Hall–Kier alpha value is -1.48. The topological polar surface area (TPSA) is 15.7 Å². The first-order valence-corrected chi connectivity index (χ1v) is 14.3.